The van der Waals surface area contributed by atoms with Gasteiger partial charge in [0.2, 0.25) is 0 Å². The maximum Gasteiger partial charge on any atom is 0.0699 e. The highest BCUT2D eigenvalue weighted by Crippen LogP contribution is 2.35. The molecular formula is C9H10BrNO. The summed E-state index contributed by atoms with van der Waals surface area (Å²) in [6, 6.07) is 8.21. The SMILES string of the molecule is ONC1c2ccccc2CC1Br. The first-order chi connectivity index (χ1) is 5.83. The largest absolute Gasteiger partial charge is 0.316 e. The summed E-state index contributed by atoms with van der Waals surface area (Å²) >= 11 is 3.52. The molecule has 1 aliphatic rings. The Bertz CT molecular complexity index is 290. The molecule has 2 atom stereocenters. The Labute approximate surface area is 79.7 Å². The van der Waals surface area contributed by atoms with E-state index in [4.69, 9.17) is 5.21 Å². The predicted molar refractivity (Wildman–Crippen MR) is 50.5 cm³/mol. The van der Waals surface area contributed by atoms with E-state index < -0.39 is 0 Å². The van der Waals surface area contributed by atoms with Crippen molar-refractivity contribution in [1.29, 1.82) is 0 Å². The van der Waals surface area contributed by atoms with Crippen LogP contribution >= 0.6 is 15.9 Å². The van der Waals surface area contributed by atoms with Crippen LogP contribution in [-0.2, 0) is 6.42 Å². The summed E-state index contributed by atoms with van der Waals surface area (Å²) in [5, 5.41) is 8.90. The molecule has 1 aromatic carbocycles. The molecule has 2 nitrogen and oxygen atoms in total. The van der Waals surface area contributed by atoms with Crippen molar-refractivity contribution in [3.63, 3.8) is 0 Å². The van der Waals surface area contributed by atoms with Crippen molar-refractivity contribution in [2.24, 2.45) is 0 Å². The van der Waals surface area contributed by atoms with Crippen molar-refractivity contribution in [2.75, 3.05) is 0 Å². The summed E-state index contributed by atoms with van der Waals surface area (Å²) in [6.07, 6.45) is 0.981. The van der Waals surface area contributed by atoms with Crippen LogP contribution in [0.25, 0.3) is 0 Å². The zero-order valence-corrected chi connectivity index (χ0v) is 8.08. The van der Waals surface area contributed by atoms with Gasteiger partial charge < -0.3 is 5.21 Å². The van der Waals surface area contributed by atoms with Crippen LogP contribution < -0.4 is 5.48 Å². The van der Waals surface area contributed by atoms with Crippen LogP contribution in [0.4, 0.5) is 0 Å². The fourth-order valence-electron chi connectivity index (χ4n) is 1.70. The van der Waals surface area contributed by atoms with Crippen molar-refractivity contribution in [1.82, 2.24) is 5.48 Å². The van der Waals surface area contributed by atoms with Gasteiger partial charge in [-0.05, 0) is 17.5 Å². The van der Waals surface area contributed by atoms with Gasteiger partial charge in [-0.15, -0.1) is 0 Å². The monoisotopic (exact) mass is 227 g/mol. The second kappa shape index (κ2) is 3.17. The fraction of sp³-hybridized carbons (Fsp3) is 0.333. The van der Waals surface area contributed by atoms with Gasteiger partial charge in [0.25, 0.3) is 0 Å². The van der Waals surface area contributed by atoms with E-state index in [1.54, 1.807) is 0 Å². The number of hydroxylamine groups is 1. The average Bonchev–Trinajstić information content (AvgIpc) is 2.40. The van der Waals surface area contributed by atoms with E-state index in [9.17, 15) is 0 Å². The highest BCUT2D eigenvalue weighted by atomic mass is 79.9. The minimum absolute atomic E-state index is 0.0428. The summed E-state index contributed by atoms with van der Waals surface area (Å²) < 4.78 is 0. The molecule has 2 N–H and O–H groups in total. The lowest BCUT2D eigenvalue weighted by Crippen LogP contribution is -2.21. The molecule has 0 aromatic heterocycles. The molecule has 0 aliphatic heterocycles. The molecule has 1 aliphatic carbocycles. The van der Waals surface area contributed by atoms with Gasteiger partial charge in [0, 0.05) is 4.83 Å². The molecule has 0 fully saturated rings. The third-order valence-corrected chi connectivity index (χ3v) is 3.16. The minimum atomic E-state index is 0.0428. The predicted octanol–water partition coefficient (Wildman–Crippen LogP) is 2.03. The molecule has 0 amide bonds. The average molecular weight is 228 g/mol. The smallest absolute Gasteiger partial charge is 0.0699 e. The third kappa shape index (κ3) is 1.18. The van der Waals surface area contributed by atoms with E-state index in [-0.39, 0.29) is 6.04 Å². The topological polar surface area (TPSA) is 32.3 Å². The van der Waals surface area contributed by atoms with Crippen LogP contribution in [-0.4, -0.2) is 10.0 Å². The van der Waals surface area contributed by atoms with Crippen molar-refractivity contribution in [3.05, 3.63) is 35.4 Å². The molecule has 2 unspecified atom stereocenters. The number of hydrogen-bond acceptors (Lipinski definition) is 2. The Balaban J connectivity index is 2.40. The number of alkyl halides is 1. The highest BCUT2D eigenvalue weighted by Gasteiger charge is 2.29. The number of hydrogen-bond donors (Lipinski definition) is 2. The maximum absolute atomic E-state index is 8.90. The van der Waals surface area contributed by atoms with Crippen molar-refractivity contribution < 1.29 is 5.21 Å². The van der Waals surface area contributed by atoms with Gasteiger partial charge in [0.15, 0.2) is 0 Å². The van der Waals surface area contributed by atoms with E-state index in [0.29, 0.717) is 4.83 Å². The number of rotatable bonds is 1. The van der Waals surface area contributed by atoms with E-state index in [1.165, 1.54) is 11.1 Å². The van der Waals surface area contributed by atoms with Crippen molar-refractivity contribution >= 4 is 15.9 Å². The lowest BCUT2D eigenvalue weighted by atomic mass is 10.1. The fourth-order valence-corrected chi connectivity index (χ4v) is 2.45. The molecule has 0 spiro atoms. The van der Waals surface area contributed by atoms with Crippen LogP contribution in [0.2, 0.25) is 0 Å². The number of benzene rings is 1. The van der Waals surface area contributed by atoms with E-state index in [2.05, 4.69) is 27.5 Å². The van der Waals surface area contributed by atoms with Gasteiger partial charge in [-0.3, -0.25) is 0 Å². The Morgan fingerprint density at radius 2 is 2.17 bits per heavy atom. The van der Waals surface area contributed by atoms with Gasteiger partial charge in [-0.1, -0.05) is 40.2 Å². The van der Waals surface area contributed by atoms with Gasteiger partial charge in [-0.25, -0.2) is 0 Å². The Kier molecular flexibility index (Phi) is 2.17. The third-order valence-electron chi connectivity index (χ3n) is 2.31. The lowest BCUT2D eigenvalue weighted by molar-refractivity contribution is 0.129. The highest BCUT2D eigenvalue weighted by molar-refractivity contribution is 9.09. The van der Waals surface area contributed by atoms with Crippen LogP contribution in [0, 0.1) is 0 Å². The molecule has 64 valence electrons. The van der Waals surface area contributed by atoms with Crippen molar-refractivity contribution in [2.45, 2.75) is 17.3 Å². The first-order valence-electron chi connectivity index (χ1n) is 3.94. The lowest BCUT2D eigenvalue weighted by Gasteiger charge is -2.11. The minimum Gasteiger partial charge on any atom is -0.316 e. The zero-order chi connectivity index (χ0) is 8.55. The molecule has 0 bridgehead atoms. The first kappa shape index (κ1) is 8.23. The molecule has 3 heteroatoms. The number of halogens is 1. The van der Waals surface area contributed by atoms with Crippen LogP contribution in [0.1, 0.15) is 17.2 Å². The number of fused-ring (bicyclic) bond motifs is 1. The zero-order valence-electron chi connectivity index (χ0n) is 6.50. The molecule has 0 saturated heterocycles. The molecule has 1 aromatic rings. The molecule has 12 heavy (non-hydrogen) atoms. The standard InChI is InChI=1S/C9H10BrNO/c10-8-5-6-3-1-2-4-7(6)9(8)11-12/h1-4,8-9,11-12H,5H2. The van der Waals surface area contributed by atoms with Gasteiger partial charge >= 0.3 is 0 Å². The van der Waals surface area contributed by atoms with E-state index in [1.807, 2.05) is 18.2 Å². The summed E-state index contributed by atoms with van der Waals surface area (Å²) in [6.45, 7) is 0. The first-order valence-corrected chi connectivity index (χ1v) is 4.86. The normalized spacial score (nSPS) is 27.2. The summed E-state index contributed by atoms with van der Waals surface area (Å²) in [5.41, 5.74) is 4.83. The van der Waals surface area contributed by atoms with Crippen LogP contribution in [0.15, 0.2) is 24.3 Å². The van der Waals surface area contributed by atoms with Crippen molar-refractivity contribution in [3.8, 4) is 0 Å². The molecule has 2 rings (SSSR count). The molecule has 0 saturated carbocycles. The number of nitrogens with one attached hydrogen (secondary N) is 1. The van der Waals surface area contributed by atoms with Crippen LogP contribution in [0.3, 0.4) is 0 Å². The summed E-state index contributed by atoms with van der Waals surface area (Å²) in [4.78, 5) is 0.305. The summed E-state index contributed by atoms with van der Waals surface area (Å²) in [5.74, 6) is 0. The van der Waals surface area contributed by atoms with E-state index >= 15 is 0 Å². The quantitative estimate of drug-likeness (QED) is 0.569. The molecule has 0 radical (unpaired) electrons. The second-order valence-corrected chi connectivity index (χ2v) is 4.20. The van der Waals surface area contributed by atoms with Gasteiger partial charge in [-0.2, -0.15) is 5.48 Å². The Hall–Kier alpha value is -0.380. The molecular weight excluding hydrogens is 218 g/mol. The molecule has 0 heterocycles. The Morgan fingerprint density at radius 3 is 2.92 bits per heavy atom. The van der Waals surface area contributed by atoms with Crippen LogP contribution in [0.5, 0.6) is 0 Å². The van der Waals surface area contributed by atoms with Gasteiger partial charge in [0.05, 0.1) is 6.04 Å². The maximum atomic E-state index is 8.90. The second-order valence-electron chi connectivity index (χ2n) is 3.03. The van der Waals surface area contributed by atoms with E-state index in [0.717, 1.165) is 6.42 Å². The summed E-state index contributed by atoms with van der Waals surface area (Å²) in [7, 11) is 0. The Morgan fingerprint density at radius 1 is 1.42 bits per heavy atom. The van der Waals surface area contributed by atoms with Gasteiger partial charge in [0.1, 0.15) is 0 Å².